The first-order chi connectivity index (χ1) is 10.3. The van der Waals surface area contributed by atoms with Gasteiger partial charge in [0.1, 0.15) is 0 Å². The first kappa shape index (κ1) is 14.9. The summed E-state index contributed by atoms with van der Waals surface area (Å²) in [5, 5.41) is 3.77. The van der Waals surface area contributed by atoms with Crippen LogP contribution in [0.15, 0.2) is 24.3 Å². The summed E-state index contributed by atoms with van der Waals surface area (Å²) in [7, 11) is 0. The van der Waals surface area contributed by atoms with Crippen LogP contribution in [0.25, 0.3) is 0 Å². The molecule has 3 unspecified atom stereocenters. The Balaban J connectivity index is 1.80. The van der Waals surface area contributed by atoms with Gasteiger partial charge in [0.25, 0.3) is 0 Å². The quantitative estimate of drug-likeness (QED) is 0.921. The molecule has 116 valence electrons. The zero-order valence-corrected chi connectivity index (χ0v) is 13.3. The number of benzene rings is 1. The van der Waals surface area contributed by atoms with E-state index in [-0.39, 0.29) is 0 Å². The highest BCUT2D eigenvalue weighted by atomic mass is 16.5. The first-order valence-electron chi connectivity index (χ1n) is 8.42. The van der Waals surface area contributed by atoms with Crippen LogP contribution in [-0.4, -0.2) is 32.3 Å². The maximum absolute atomic E-state index is 5.57. The minimum atomic E-state index is 0.574. The van der Waals surface area contributed by atoms with Crippen LogP contribution in [0.4, 0.5) is 5.69 Å². The predicted octanol–water partition coefficient (Wildman–Crippen LogP) is 3.05. The summed E-state index contributed by atoms with van der Waals surface area (Å²) in [6.45, 7) is 9.76. The standard InChI is InChI=1S/C18H28N2O/c1-3-14(2)17-12-20(11-15-8-9-21-13-15)18-7-5-4-6-16(18)10-19-17/h4-7,14-15,17,19H,3,8-13H2,1-2H3. The third-order valence-corrected chi connectivity index (χ3v) is 5.14. The number of ether oxygens (including phenoxy) is 1. The van der Waals surface area contributed by atoms with Crippen LogP contribution in [0.2, 0.25) is 0 Å². The second-order valence-electron chi connectivity index (χ2n) is 6.64. The fraction of sp³-hybridized carbons (Fsp3) is 0.667. The van der Waals surface area contributed by atoms with E-state index in [1.807, 2.05) is 0 Å². The summed E-state index contributed by atoms with van der Waals surface area (Å²) in [6.07, 6.45) is 2.44. The Hall–Kier alpha value is -1.06. The molecule has 0 bridgehead atoms. The Morgan fingerprint density at radius 2 is 2.24 bits per heavy atom. The molecule has 0 aliphatic carbocycles. The molecule has 3 atom stereocenters. The molecule has 3 heteroatoms. The maximum Gasteiger partial charge on any atom is 0.0512 e. The lowest BCUT2D eigenvalue weighted by molar-refractivity contribution is 0.186. The van der Waals surface area contributed by atoms with Gasteiger partial charge in [-0.3, -0.25) is 0 Å². The highest BCUT2D eigenvalue weighted by Crippen LogP contribution is 2.27. The Bertz CT molecular complexity index is 456. The van der Waals surface area contributed by atoms with Crippen molar-refractivity contribution in [1.82, 2.24) is 5.32 Å². The van der Waals surface area contributed by atoms with E-state index in [2.05, 4.69) is 48.3 Å². The molecule has 0 spiro atoms. The van der Waals surface area contributed by atoms with Gasteiger partial charge in [-0.2, -0.15) is 0 Å². The van der Waals surface area contributed by atoms with Gasteiger partial charge in [0.05, 0.1) is 6.61 Å². The van der Waals surface area contributed by atoms with Gasteiger partial charge in [-0.1, -0.05) is 38.5 Å². The van der Waals surface area contributed by atoms with Crippen molar-refractivity contribution in [3.05, 3.63) is 29.8 Å². The predicted molar refractivity (Wildman–Crippen MR) is 87.7 cm³/mol. The molecule has 0 aromatic heterocycles. The van der Waals surface area contributed by atoms with E-state index < -0.39 is 0 Å². The molecule has 0 radical (unpaired) electrons. The Morgan fingerprint density at radius 3 is 3.00 bits per heavy atom. The highest BCUT2D eigenvalue weighted by molar-refractivity contribution is 5.54. The van der Waals surface area contributed by atoms with Crippen LogP contribution < -0.4 is 10.2 Å². The molecule has 2 aliphatic rings. The van der Waals surface area contributed by atoms with E-state index in [4.69, 9.17) is 4.74 Å². The van der Waals surface area contributed by atoms with E-state index in [1.54, 1.807) is 0 Å². The molecule has 1 aromatic carbocycles. The fourth-order valence-electron chi connectivity index (χ4n) is 3.49. The van der Waals surface area contributed by atoms with Crippen molar-refractivity contribution in [1.29, 1.82) is 0 Å². The molecule has 3 rings (SSSR count). The third-order valence-electron chi connectivity index (χ3n) is 5.14. The Labute approximate surface area is 128 Å². The summed E-state index contributed by atoms with van der Waals surface area (Å²) < 4.78 is 5.57. The second kappa shape index (κ2) is 6.80. The number of nitrogens with one attached hydrogen (secondary N) is 1. The van der Waals surface area contributed by atoms with Gasteiger partial charge in [0.2, 0.25) is 0 Å². The number of rotatable bonds is 4. The molecule has 3 nitrogen and oxygen atoms in total. The summed E-state index contributed by atoms with van der Waals surface area (Å²) >= 11 is 0. The van der Waals surface area contributed by atoms with Gasteiger partial charge < -0.3 is 15.0 Å². The van der Waals surface area contributed by atoms with E-state index >= 15 is 0 Å². The van der Waals surface area contributed by atoms with Gasteiger partial charge in [0, 0.05) is 43.9 Å². The van der Waals surface area contributed by atoms with Gasteiger partial charge >= 0.3 is 0 Å². The van der Waals surface area contributed by atoms with Crippen LogP contribution in [-0.2, 0) is 11.3 Å². The number of hydrogen-bond donors (Lipinski definition) is 1. The number of nitrogens with zero attached hydrogens (tertiary/aromatic N) is 1. The Kier molecular flexibility index (Phi) is 4.81. The van der Waals surface area contributed by atoms with Crippen LogP contribution >= 0.6 is 0 Å². The van der Waals surface area contributed by atoms with Gasteiger partial charge in [-0.25, -0.2) is 0 Å². The van der Waals surface area contributed by atoms with Crippen molar-refractivity contribution >= 4 is 5.69 Å². The minimum Gasteiger partial charge on any atom is -0.381 e. The van der Waals surface area contributed by atoms with Gasteiger partial charge in [-0.15, -0.1) is 0 Å². The van der Waals surface area contributed by atoms with E-state index in [0.29, 0.717) is 17.9 Å². The first-order valence-corrected chi connectivity index (χ1v) is 8.42. The molecule has 2 heterocycles. The second-order valence-corrected chi connectivity index (χ2v) is 6.64. The molecule has 0 saturated carbocycles. The monoisotopic (exact) mass is 288 g/mol. The molecule has 1 N–H and O–H groups in total. The normalized spacial score (nSPS) is 27.2. The lowest BCUT2D eigenvalue weighted by Crippen LogP contribution is -2.43. The molecular formula is C18H28N2O. The lowest BCUT2D eigenvalue weighted by Gasteiger charge is -2.32. The molecule has 1 aromatic rings. The lowest BCUT2D eigenvalue weighted by atomic mass is 9.98. The van der Waals surface area contributed by atoms with Crippen molar-refractivity contribution in [2.24, 2.45) is 11.8 Å². The topological polar surface area (TPSA) is 24.5 Å². The van der Waals surface area contributed by atoms with Crippen molar-refractivity contribution in [3.63, 3.8) is 0 Å². The molecule has 2 aliphatic heterocycles. The fourth-order valence-corrected chi connectivity index (χ4v) is 3.49. The average Bonchev–Trinajstić information content (AvgIpc) is 2.95. The molecule has 21 heavy (non-hydrogen) atoms. The zero-order chi connectivity index (χ0) is 14.7. The van der Waals surface area contributed by atoms with Gasteiger partial charge in [-0.05, 0) is 24.0 Å². The van der Waals surface area contributed by atoms with Crippen molar-refractivity contribution in [2.75, 3.05) is 31.2 Å². The molecule has 1 fully saturated rings. The largest absolute Gasteiger partial charge is 0.381 e. The van der Waals surface area contributed by atoms with Crippen LogP contribution in [0.3, 0.4) is 0 Å². The van der Waals surface area contributed by atoms with Crippen molar-refractivity contribution in [2.45, 2.75) is 39.3 Å². The SMILES string of the molecule is CCC(C)C1CN(CC2CCOC2)c2ccccc2CN1. The van der Waals surface area contributed by atoms with E-state index in [9.17, 15) is 0 Å². The van der Waals surface area contributed by atoms with Crippen LogP contribution in [0.5, 0.6) is 0 Å². The third kappa shape index (κ3) is 3.41. The molecule has 1 saturated heterocycles. The maximum atomic E-state index is 5.57. The van der Waals surface area contributed by atoms with Gasteiger partial charge in [0.15, 0.2) is 0 Å². The van der Waals surface area contributed by atoms with E-state index in [1.165, 1.54) is 24.1 Å². The summed E-state index contributed by atoms with van der Waals surface area (Å²) in [6, 6.07) is 9.44. The summed E-state index contributed by atoms with van der Waals surface area (Å²) in [5.74, 6) is 1.40. The number of fused-ring (bicyclic) bond motifs is 1. The minimum absolute atomic E-state index is 0.574. The smallest absolute Gasteiger partial charge is 0.0512 e. The Morgan fingerprint density at radius 1 is 1.38 bits per heavy atom. The number of anilines is 1. The molecular weight excluding hydrogens is 260 g/mol. The van der Waals surface area contributed by atoms with Crippen LogP contribution in [0.1, 0.15) is 32.3 Å². The van der Waals surface area contributed by atoms with Crippen molar-refractivity contribution in [3.8, 4) is 0 Å². The number of hydrogen-bond acceptors (Lipinski definition) is 3. The molecule has 0 amide bonds. The van der Waals surface area contributed by atoms with E-state index in [0.717, 1.165) is 32.8 Å². The van der Waals surface area contributed by atoms with Crippen molar-refractivity contribution < 1.29 is 4.74 Å². The average molecular weight is 288 g/mol. The summed E-state index contributed by atoms with van der Waals surface area (Å²) in [5.41, 5.74) is 2.85. The summed E-state index contributed by atoms with van der Waals surface area (Å²) in [4.78, 5) is 2.60. The number of para-hydroxylation sites is 1. The highest BCUT2D eigenvalue weighted by Gasteiger charge is 2.27. The van der Waals surface area contributed by atoms with Crippen LogP contribution in [0, 0.1) is 11.8 Å². The zero-order valence-electron chi connectivity index (χ0n) is 13.3.